The lowest BCUT2D eigenvalue weighted by atomic mass is 10.2. The maximum atomic E-state index is 5.85. The Labute approximate surface area is 121 Å². The van der Waals surface area contributed by atoms with Crippen LogP contribution >= 0.6 is 11.6 Å². The predicted molar refractivity (Wildman–Crippen MR) is 76.7 cm³/mol. The van der Waals surface area contributed by atoms with Gasteiger partial charge in [-0.3, -0.25) is 0 Å². The molecule has 5 heteroatoms. The van der Waals surface area contributed by atoms with Gasteiger partial charge < -0.3 is 9.15 Å². The Morgan fingerprint density at radius 3 is 2.35 bits per heavy atom. The van der Waals surface area contributed by atoms with E-state index in [9.17, 15) is 0 Å². The molecule has 0 N–H and O–H groups in total. The molecule has 3 rings (SSSR count). The third kappa shape index (κ3) is 2.51. The summed E-state index contributed by atoms with van der Waals surface area (Å²) in [7, 11) is 1.62. The summed E-state index contributed by atoms with van der Waals surface area (Å²) in [6, 6.07) is 14.7. The van der Waals surface area contributed by atoms with E-state index in [2.05, 4.69) is 10.2 Å². The smallest absolute Gasteiger partial charge is 0.248 e. The molecule has 1 aromatic heterocycles. The second-order valence-electron chi connectivity index (χ2n) is 4.15. The summed E-state index contributed by atoms with van der Waals surface area (Å²) in [5, 5.41) is 8.77. The molecule has 0 atom stereocenters. The summed E-state index contributed by atoms with van der Waals surface area (Å²) in [5.74, 6) is 1.65. The maximum Gasteiger partial charge on any atom is 0.248 e. The molecule has 0 unspecified atom stereocenters. The van der Waals surface area contributed by atoms with Crippen molar-refractivity contribution in [2.24, 2.45) is 0 Å². The number of hydrogen-bond acceptors (Lipinski definition) is 4. The molecule has 0 fully saturated rings. The van der Waals surface area contributed by atoms with Crippen molar-refractivity contribution >= 4 is 11.6 Å². The van der Waals surface area contributed by atoms with Crippen LogP contribution in [0, 0.1) is 0 Å². The number of hydrogen-bond donors (Lipinski definition) is 0. The van der Waals surface area contributed by atoms with Crippen LogP contribution in [0.4, 0.5) is 0 Å². The van der Waals surface area contributed by atoms with Gasteiger partial charge in [0, 0.05) is 16.1 Å². The number of ether oxygens (including phenoxy) is 1. The van der Waals surface area contributed by atoms with E-state index in [-0.39, 0.29) is 0 Å². The van der Waals surface area contributed by atoms with Gasteiger partial charge >= 0.3 is 0 Å². The fourth-order valence-corrected chi connectivity index (χ4v) is 1.93. The van der Waals surface area contributed by atoms with Gasteiger partial charge in [0.2, 0.25) is 11.8 Å². The monoisotopic (exact) mass is 286 g/mol. The van der Waals surface area contributed by atoms with Crippen molar-refractivity contribution in [3.05, 3.63) is 53.6 Å². The van der Waals surface area contributed by atoms with E-state index in [0.29, 0.717) is 16.8 Å². The van der Waals surface area contributed by atoms with Crippen molar-refractivity contribution in [3.8, 4) is 28.7 Å². The van der Waals surface area contributed by atoms with Gasteiger partial charge in [-0.2, -0.15) is 0 Å². The third-order valence-electron chi connectivity index (χ3n) is 2.83. The number of rotatable bonds is 3. The molecule has 4 nitrogen and oxygen atoms in total. The summed E-state index contributed by atoms with van der Waals surface area (Å²) in [6.45, 7) is 0. The first-order chi connectivity index (χ1) is 9.76. The molecule has 0 spiro atoms. The highest BCUT2D eigenvalue weighted by atomic mass is 35.5. The molecule has 0 saturated carbocycles. The number of aromatic nitrogens is 2. The molecule has 0 aliphatic heterocycles. The Balaban J connectivity index is 1.95. The van der Waals surface area contributed by atoms with Gasteiger partial charge in [0.1, 0.15) is 5.75 Å². The normalized spacial score (nSPS) is 10.5. The quantitative estimate of drug-likeness (QED) is 0.728. The van der Waals surface area contributed by atoms with Crippen LogP contribution < -0.4 is 4.74 Å². The molecule has 0 aliphatic carbocycles. The minimum Gasteiger partial charge on any atom is -0.497 e. The molecule has 0 aliphatic rings. The van der Waals surface area contributed by atoms with Crippen LogP contribution in [-0.2, 0) is 0 Å². The molecular formula is C15H11ClN2O2. The summed E-state index contributed by atoms with van der Waals surface area (Å²) < 4.78 is 10.9. The minimum atomic E-state index is 0.453. The van der Waals surface area contributed by atoms with Crippen molar-refractivity contribution in [2.75, 3.05) is 7.11 Å². The van der Waals surface area contributed by atoms with Crippen molar-refractivity contribution in [3.63, 3.8) is 0 Å². The number of halogens is 1. The summed E-state index contributed by atoms with van der Waals surface area (Å²) in [6.07, 6.45) is 0. The molecule has 20 heavy (non-hydrogen) atoms. The van der Waals surface area contributed by atoms with Crippen LogP contribution in [0.2, 0.25) is 5.02 Å². The van der Waals surface area contributed by atoms with E-state index in [1.54, 1.807) is 19.2 Å². The Kier molecular flexibility index (Phi) is 3.39. The van der Waals surface area contributed by atoms with Gasteiger partial charge in [0.05, 0.1) is 7.11 Å². The Morgan fingerprint density at radius 2 is 1.65 bits per heavy atom. The molecule has 1 heterocycles. The summed E-state index contributed by atoms with van der Waals surface area (Å²) in [4.78, 5) is 0. The van der Waals surface area contributed by atoms with Gasteiger partial charge in [-0.05, 0) is 42.5 Å². The fourth-order valence-electron chi connectivity index (χ4n) is 1.81. The SMILES string of the molecule is COc1cccc(-c2nnc(-c3ccc(Cl)cc3)o2)c1. The Morgan fingerprint density at radius 1 is 0.950 bits per heavy atom. The van der Waals surface area contributed by atoms with E-state index in [0.717, 1.165) is 16.9 Å². The van der Waals surface area contributed by atoms with Crippen LogP contribution in [-0.4, -0.2) is 17.3 Å². The second kappa shape index (κ2) is 5.35. The van der Waals surface area contributed by atoms with Crippen LogP contribution in [0.25, 0.3) is 22.9 Å². The van der Waals surface area contributed by atoms with E-state index < -0.39 is 0 Å². The number of benzene rings is 2. The number of nitrogens with zero attached hydrogens (tertiary/aromatic N) is 2. The fraction of sp³-hybridized carbons (Fsp3) is 0.0667. The van der Waals surface area contributed by atoms with Crippen LogP contribution in [0.15, 0.2) is 52.9 Å². The molecule has 0 bridgehead atoms. The Hall–Kier alpha value is -2.33. The zero-order chi connectivity index (χ0) is 13.9. The van der Waals surface area contributed by atoms with Crippen molar-refractivity contribution < 1.29 is 9.15 Å². The van der Waals surface area contributed by atoms with Gasteiger partial charge in [0.25, 0.3) is 0 Å². The second-order valence-corrected chi connectivity index (χ2v) is 4.59. The lowest BCUT2D eigenvalue weighted by Crippen LogP contribution is -1.83. The standard InChI is InChI=1S/C15H11ClN2O2/c1-19-13-4-2-3-11(9-13)15-18-17-14(20-15)10-5-7-12(16)8-6-10/h2-9H,1H3. The lowest BCUT2D eigenvalue weighted by Gasteiger charge is -2.00. The zero-order valence-electron chi connectivity index (χ0n) is 10.7. The third-order valence-corrected chi connectivity index (χ3v) is 3.08. The summed E-state index contributed by atoms with van der Waals surface area (Å²) in [5.41, 5.74) is 1.65. The lowest BCUT2D eigenvalue weighted by molar-refractivity contribution is 0.415. The van der Waals surface area contributed by atoms with E-state index in [1.165, 1.54) is 0 Å². The van der Waals surface area contributed by atoms with Gasteiger partial charge in [-0.1, -0.05) is 17.7 Å². The number of methoxy groups -OCH3 is 1. The predicted octanol–water partition coefficient (Wildman–Crippen LogP) is 4.07. The highest BCUT2D eigenvalue weighted by Crippen LogP contribution is 2.26. The molecular weight excluding hydrogens is 276 g/mol. The van der Waals surface area contributed by atoms with E-state index >= 15 is 0 Å². The first-order valence-corrected chi connectivity index (χ1v) is 6.38. The highest BCUT2D eigenvalue weighted by Gasteiger charge is 2.10. The Bertz CT molecular complexity index is 723. The average Bonchev–Trinajstić information content (AvgIpc) is 2.98. The average molecular weight is 287 g/mol. The van der Waals surface area contributed by atoms with Crippen LogP contribution in [0.5, 0.6) is 5.75 Å². The first-order valence-electron chi connectivity index (χ1n) is 6.00. The summed E-state index contributed by atoms with van der Waals surface area (Å²) >= 11 is 5.85. The van der Waals surface area contributed by atoms with Gasteiger partial charge in [-0.25, -0.2) is 0 Å². The zero-order valence-corrected chi connectivity index (χ0v) is 11.5. The van der Waals surface area contributed by atoms with Crippen molar-refractivity contribution in [2.45, 2.75) is 0 Å². The van der Waals surface area contributed by atoms with E-state index in [1.807, 2.05) is 36.4 Å². The molecule has 100 valence electrons. The minimum absolute atomic E-state index is 0.453. The van der Waals surface area contributed by atoms with Crippen LogP contribution in [0.1, 0.15) is 0 Å². The molecule has 0 radical (unpaired) electrons. The molecule has 3 aromatic rings. The highest BCUT2D eigenvalue weighted by molar-refractivity contribution is 6.30. The van der Waals surface area contributed by atoms with Gasteiger partial charge in [-0.15, -0.1) is 10.2 Å². The van der Waals surface area contributed by atoms with Crippen LogP contribution in [0.3, 0.4) is 0 Å². The molecule has 0 amide bonds. The topological polar surface area (TPSA) is 48.2 Å². The molecule has 0 saturated heterocycles. The van der Waals surface area contributed by atoms with Crippen molar-refractivity contribution in [1.82, 2.24) is 10.2 Å². The first kappa shape index (κ1) is 12.7. The van der Waals surface area contributed by atoms with Gasteiger partial charge in [0.15, 0.2) is 0 Å². The largest absolute Gasteiger partial charge is 0.497 e. The molecule has 2 aromatic carbocycles. The maximum absolute atomic E-state index is 5.85. The van der Waals surface area contributed by atoms with E-state index in [4.69, 9.17) is 20.8 Å². The van der Waals surface area contributed by atoms with Crippen molar-refractivity contribution in [1.29, 1.82) is 0 Å².